The van der Waals surface area contributed by atoms with E-state index in [2.05, 4.69) is 24.9 Å². The van der Waals surface area contributed by atoms with Gasteiger partial charge in [-0.3, -0.25) is 14.6 Å². The van der Waals surface area contributed by atoms with Gasteiger partial charge in [-0.15, -0.1) is 0 Å². The van der Waals surface area contributed by atoms with Crippen LogP contribution in [0.5, 0.6) is 5.75 Å². The highest BCUT2D eigenvalue weighted by Crippen LogP contribution is 2.21. The topological polar surface area (TPSA) is 62.7 Å². The van der Waals surface area contributed by atoms with Crippen LogP contribution >= 0.6 is 0 Å². The van der Waals surface area contributed by atoms with E-state index in [0.717, 1.165) is 5.69 Å². The van der Waals surface area contributed by atoms with Crippen molar-refractivity contribution in [2.45, 2.75) is 39.2 Å². The van der Waals surface area contributed by atoms with E-state index >= 15 is 0 Å². The molecule has 1 aromatic carbocycles. The summed E-state index contributed by atoms with van der Waals surface area (Å²) in [6.45, 7) is 8.15. The SMILES string of the molecule is CC(Oc1cccc(C(C)C)c1)C(=O)N1CCN(C(=O)Cc2ccccn2)CC1. The highest BCUT2D eigenvalue weighted by Gasteiger charge is 2.28. The van der Waals surface area contributed by atoms with Crippen LogP contribution in [-0.2, 0) is 16.0 Å². The molecule has 3 rings (SSSR count). The first-order chi connectivity index (χ1) is 13.9. The Morgan fingerprint density at radius 3 is 2.38 bits per heavy atom. The standard InChI is InChI=1S/C23H29N3O3/c1-17(2)19-7-6-9-21(15-19)29-18(3)23(28)26-13-11-25(12-14-26)22(27)16-20-8-4-5-10-24-20/h4-10,15,17-18H,11-14,16H2,1-3H3. The smallest absolute Gasteiger partial charge is 0.263 e. The average Bonchev–Trinajstić information content (AvgIpc) is 2.74. The number of carbonyl (C=O) groups is 2. The maximum absolute atomic E-state index is 12.8. The van der Waals surface area contributed by atoms with E-state index in [1.807, 2.05) is 36.4 Å². The minimum atomic E-state index is -0.562. The van der Waals surface area contributed by atoms with Gasteiger partial charge in [0.1, 0.15) is 5.75 Å². The summed E-state index contributed by atoms with van der Waals surface area (Å²) in [6, 6.07) is 13.4. The first kappa shape index (κ1) is 20.8. The molecule has 1 fully saturated rings. The number of amides is 2. The molecule has 1 aliphatic heterocycles. The number of nitrogens with zero attached hydrogens (tertiary/aromatic N) is 3. The molecule has 0 aliphatic carbocycles. The Bertz CT molecular complexity index is 830. The molecule has 1 aliphatic rings. The fourth-order valence-electron chi connectivity index (χ4n) is 3.40. The molecule has 154 valence electrons. The number of ether oxygens (including phenoxy) is 1. The lowest BCUT2D eigenvalue weighted by Gasteiger charge is -2.36. The monoisotopic (exact) mass is 395 g/mol. The molecule has 1 unspecified atom stereocenters. The summed E-state index contributed by atoms with van der Waals surface area (Å²) in [5.41, 5.74) is 1.95. The van der Waals surface area contributed by atoms with Gasteiger partial charge in [0, 0.05) is 38.1 Å². The molecule has 2 heterocycles. The number of piperazine rings is 1. The van der Waals surface area contributed by atoms with Crippen molar-refractivity contribution in [3.05, 3.63) is 59.9 Å². The molecule has 1 saturated heterocycles. The van der Waals surface area contributed by atoms with Gasteiger partial charge < -0.3 is 14.5 Å². The molecule has 0 radical (unpaired) electrons. The van der Waals surface area contributed by atoms with Crippen LogP contribution in [0.25, 0.3) is 0 Å². The second-order valence-corrected chi connectivity index (χ2v) is 7.69. The number of carbonyl (C=O) groups excluding carboxylic acids is 2. The van der Waals surface area contributed by atoms with Crippen LogP contribution in [0.1, 0.15) is 37.9 Å². The molecule has 6 heteroatoms. The van der Waals surface area contributed by atoms with Crippen LogP contribution in [0.4, 0.5) is 0 Å². The first-order valence-corrected chi connectivity index (χ1v) is 10.2. The van der Waals surface area contributed by atoms with Crippen LogP contribution in [0, 0.1) is 0 Å². The largest absolute Gasteiger partial charge is 0.481 e. The normalized spacial score (nSPS) is 15.3. The fraction of sp³-hybridized carbons (Fsp3) is 0.435. The Morgan fingerprint density at radius 2 is 1.72 bits per heavy atom. The van der Waals surface area contributed by atoms with Crippen LogP contribution in [0.2, 0.25) is 0 Å². The Balaban J connectivity index is 1.50. The maximum atomic E-state index is 12.8. The van der Waals surface area contributed by atoms with Gasteiger partial charge in [0.05, 0.1) is 6.42 Å². The molecule has 0 spiro atoms. The Labute approximate surface area is 172 Å². The molecule has 1 aromatic heterocycles. The van der Waals surface area contributed by atoms with Gasteiger partial charge in [-0.25, -0.2) is 0 Å². The van der Waals surface area contributed by atoms with Gasteiger partial charge in [-0.2, -0.15) is 0 Å². The number of pyridine rings is 1. The Hall–Kier alpha value is -2.89. The number of hydrogen-bond donors (Lipinski definition) is 0. The van der Waals surface area contributed by atoms with E-state index < -0.39 is 6.10 Å². The molecule has 0 N–H and O–H groups in total. The molecule has 1 atom stereocenters. The van der Waals surface area contributed by atoms with Crippen LogP contribution < -0.4 is 4.74 Å². The van der Waals surface area contributed by atoms with Gasteiger partial charge in [0.2, 0.25) is 5.91 Å². The van der Waals surface area contributed by atoms with Crippen molar-refractivity contribution in [1.82, 2.24) is 14.8 Å². The van der Waals surface area contributed by atoms with Gasteiger partial charge in [-0.05, 0) is 42.7 Å². The predicted octanol–water partition coefficient (Wildman–Crippen LogP) is 2.89. The highest BCUT2D eigenvalue weighted by atomic mass is 16.5. The van der Waals surface area contributed by atoms with Crippen molar-refractivity contribution in [2.75, 3.05) is 26.2 Å². The van der Waals surface area contributed by atoms with Crippen LogP contribution in [-0.4, -0.2) is 58.9 Å². The Morgan fingerprint density at radius 1 is 1.00 bits per heavy atom. The fourth-order valence-corrected chi connectivity index (χ4v) is 3.40. The molecule has 0 bridgehead atoms. The van der Waals surface area contributed by atoms with Gasteiger partial charge in [0.25, 0.3) is 5.91 Å². The minimum absolute atomic E-state index is 0.0447. The van der Waals surface area contributed by atoms with E-state index in [0.29, 0.717) is 44.3 Å². The quantitative estimate of drug-likeness (QED) is 0.755. The molecular formula is C23H29N3O3. The third-order valence-corrected chi connectivity index (χ3v) is 5.19. The second kappa shape index (κ2) is 9.54. The molecule has 0 saturated carbocycles. The zero-order valence-electron chi connectivity index (χ0n) is 17.4. The molecule has 2 amide bonds. The first-order valence-electron chi connectivity index (χ1n) is 10.2. The van der Waals surface area contributed by atoms with Crippen molar-refractivity contribution in [3.8, 4) is 5.75 Å². The Kier molecular flexibility index (Phi) is 6.86. The summed E-state index contributed by atoms with van der Waals surface area (Å²) in [7, 11) is 0. The highest BCUT2D eigenvalue weighted by molar-refractivity contribution is 5.82. The average molecular weight is 396 g/mol. The number of rotatable bonds is 6. The van der Waals surface area contributed by atoms with E-state index in [1.165, 1.54) is 5.56 Å². The lowest BCUT2D eigenvalue weighted by Crippen LogP contribution is -2.53. The van der Waals surface area contributed by atoms with Crippen molar-refractivity contribution in [3.63, 3.8) is 0 Å². The number of aromatic nitrogens is 1. The summed E-state index contributed by atoms with van der Waals surface area (Å²) in [6.07, 6.45) is 1.42. The van der Waals surface area contributed by atoms with Crippen LogP contribution in [0.15, 0.2) is 48.7 Å². The van der Waals surface area contributed by atoms with E-state index in [4.69, 9.17) is 4.74 Å². The summed E-state index contributed by atoms with van der Waals surface area (Å²) in [4.78, 5) is 33.0. The predicted molar refractivity (Wildman–Crippen MR) is 112 cm³/mol. The lowest BCUT2D eigenvalue weighted by atomic mass is 10.0. The molecule has 29 heavy (non-hydrogen) atoms. The zero-order valence-corrected chi connectivity index (χ0v) is 17.4. The van der Waals surface area contributed by atoms with Gasteiger partial charge >= 0.3 is 0 Å². The van der Waals surface area contributed by atoms with E-state index in [1.54, 1.807) is 22.9 Å². The summed E-state index contributed by atoms with van der Waals surface area (Å²) in [5.74, 6) is 1.12. The lowest BCUT2D eigenvalue weighted by molar-refractivity contribution is -0.143. The van der Waals surface area contributed by atoms with Crippen molar-refractivity contribution < 1.29 is 14.3 Å². The van der Waals surface area contributed by atoms with Crippen LogP contribution in [0.3, 0.4) is 0 Å². The third kappa shape index (κ3) is 5.56. The summed E-state index contributed by atoms with van der Waals surface area (Å²) in [5, 5.41) is 0. The number of hydrogen-bond acceptors (Lipinski definition) is 4. The van der Waals surface area contributed by atoms with Gasteiger partial charge in [-0.1, -0.05) is 32.0 Å². The zero-order chi connectivity index (χ0) is 20.8. The molecule has 2 aromatic rings. The van der Waals surface area contributed by atoms with Gasteiger partial charge in [0.15, 0.2) is 6.10 Å². The molecule has 6 nitrogen and oxygen atoms in total. The van der Waals surface area contributed by atoms with Crippen molar-refractivity contribution in [2.24, 2.45) is 0 Å². The van der Waals surface area contributed by atoms with E-state index in [-0.39, 0.29) is 11.8 Å². The summed E-state index contributed by atoms with van der Waals surface area (Å²) >= 11 is 0. The second-order valence-electron chi connectivity index (χ2n) is 7.69. The number of benzene rings is 1. The minimum Gasteiger partial charge on any atom is -0.481 e. The van der Waals surface area contributed by atoms with Crippen molar-refractivity contribution >= 4 is 11.8 Å². The third-order valence-electron chi connectivity index (χ3n) is 5.19. The van der Waals surface area contributed by atoms with E-state index in [9.17, 15) is 9.59 Å². The van der Waals surface area contributed by atoms with Crippen molar-refractivity contribution in [1.29, 1.82) is 0 Å². The maximum Gasteiger partial charge on any atom is 0.263 e. The summed E-state index contributed by atoms with van der Waals surface area (Å²) < 4.78 is 5.89. The molecular weight excluding hydrogens is 366 g/mol.